The van der Waals surface area contributed by atoms with Crippen LogP contribution < -0.4 is 9.88 Å². The van der Waals surface area contributed by atoms with E-state index in [0.717, 1.165) is 16.9 Å². The van der Waals surface area contributed by atoms with Gasteiger partial charge in [0, 0.05) is 13.5 Å². The van der Waals surface area contributed by atoms with Crippen molar-refractivity contribution in [3.8, 4) is 5.75 Å². The van der Waals surface area contributed by atoms with Crippen LogP contribution in [0.5, 0.6) is 5.75 Å². The van der Waals surface area contributed by atoms with Crippen molar-refractivity contribution in [2.24, 2.45) is 5.14 Å². The van der Waals surface area contributed by atoms with E-state index in [2.05, 4.69) is 0 Å². The number of hydrogen-bond donors (Lipinski definition) is 1. The molecule has 6 nitrogen and oxygen atoms in total. The molecule has 0 saturated carbocycles. The molecule has 0 aliphatic rings. The Hall–Kier alpha value is -2.38. The first kappa shape index (κ1) is 19.9. The summed E-state index contributed by atoms with van der Waals surface area (Å²) in [6.45, 7) is 1.90. The number of carbonyl (C=O) groups is 1. The topological polar surface area (TPSA) is 89.7 Å². The van der Waals surface area contributed by atoms with Crippen molar-refractivity contribution in [1.29, 1.82) is 0 Å². The van der Waals surface area contributed by atoms with Crippen molar-refractivity contribution < 1.29 is 17.9 Å². The maximum atomic E-state index is 12.5. The van der Waals surface area contributed by atoms with Crippen LogP contribution in [0.2, 0.25) is 0 Å². The van der Waals surface area contributed by atoms with Gasteiger partial charge in [-0.15, -0.1) is 0 Å². The summed E-state index contributed by atoms with van der Waals surface area (Å²) >= 11 is 0. The molecule has 0 aliphatic heterocycles. The molecule has 2 aromatic carbocycles. The third-order valence-corrected chi connectivity index (χ3v) is 5.36. The number of amides is 1. The number of aryl methyl sites for hydroxylation is 1. The highest BCUT2D eigenvalue weighted by atomic mass is 32.2. The molecule has 0 heterocycles. The fourth-order valence-electron chi connectivity index (χ4n) is 2.63. The zero-order chi connectivity index (χ0) is 19.3. The van der Waals surface area contributed by atoms with Gasteiger partial charge in [0.2, 0.25) is 15.9 Å². The third-order valence-electron chi connectivity index (χ3n) is 4.43. The lowest BCUT2D eigenvalue weighted by molar-refractivity contribution is -0.131. The number of hydrogen-bond acceptors (Lipinski definition) is 4. The van der Waals surface area contributed by atoms with E-state index in [0.29, 0.717) is 12.8 Å². The van der Waals surface area contributed by atoms with Crippen LogP contribution in [-0.4, -0.2) is 33.4 Å². The van der Waals surface area contributed by atoms with E-state index in [-0.39, 0.29) is 16.8 Å². The van der Waals surface area contributed by atoms with Gasteiger partial charge in [0.25, 0.3) is 0 Å². The molecule has 26 heavy (non-hydrogen) atoms. The maximum Gasteiger partial charge on any atom is 0.238 e. The van der Waals surface area contributed by atoms with E-state index in [4.69, 9.17) is 9.88 Å². The Bertz CT molecular complexity index is 863. The van der Waals surface area contributed by atoms with Gasteiger partial charge >= 0.3 is 0 Å². The molecule has 0 bridgehead atoms. The van der Waals surface area contributed by atoms with Crippen LogP contribution in [0.1, 0.15) is 30.5 Å². The molecule has 140 valence electrons. The molecule has 2 rings (SSSR count). The van der Waals surface area contributed by atoms with Crippen molar-refractivity contribution in [3.63, 3.8) is 0 Å². The fourth-order valence-corrected chi connectivity index (χ4v) is 3.15. The molecule has 0 aliphatic carbocycles. The quantitative estimate of drug-likeness (QED) is 0.804. The summed E-state index contributed by atoms with van der Waals surface area (Å²) in [5, 5.41) is 5.11. The number of nitrogens with two attached hydrogens (primary N) is 1. The van der Waals surface area contributed by atoms with Crippen molar-refractivity contribution in [1.82, 2.24) is 4.90 Å². The van der Waals surface area contributed by atoms with Crippen molar-refractivity contribution in [2.45, 2.75) is 30.7 Å². The molecule has 1 atom stereocenters. The molecule has 2 N–H and O–H groups in total. The molecular formula is C19H24N2O4S. The minimum atomic E-state index is -3.72. The summed E-state index contributed by atoms with van der Waals surface area (Å²) in [5.74, 6) is 0.780. The Morgan fingerprint density at radius 2 is 1.85 bits per heavy atom. The van der Waals surface area contributed by atoms with Gasteiger partial charge in [-0.05, 0) is 48.7 Å². The minimum Gasteiger partial charge on any atom is -0.497 e. The SMILES string of the molecule is COc1cccc(CCC(=O)N(C)C(C)c2ccc(S(N)(=O)=O)cc2)c1. The molecule has 1 unspecified atom stereocenters. The van der Waals surface area contributed by atoms with Gasteiger partial charge in [-0.2, -0.15) is 0 Å². The number of nitrogens with zero attached hydrogens (tertiary/aromatic N) is 1. The minimum absolute atomic E-state index is 0.0100. The first-order valence-electron chi connectivity index (χ1n) is 8.23. The highest BCUT2D eigenvalue weighted by Gasteiger charge is 2.18. The second kappa shape index (κ2) is 8.33. The lowest BCUT2D eigenvalue weighted by atomic mass is 10.1. The third kappa shape index (κ3) is 5.06. The van der Waals surface area contributed by atoms with E-state index >= 15 is 0 Å². The lowest BCUT2D eigenvalue weighted by Gasteiger charge is -2.25. The molecule has 2 aromatic rings. The van der Waals surface area contributed by atoms with Crippen LogP contribution in [0, 0.1) is 0 Å². The lowest BCUT2D eigenvalue weighted by Crippen LogP contribution is -2.29. The van der Waals surface area contributed by atoms with E-state index in [9.17, 15) is 13.2 Å². The largest absolute Gasteiger partial charge is 0.497 e. The monoisotopic (exact) mass is 376 g/mol. The number of carbonyl (C=O) groups excluding carboxylic acids is 1. The highest BCUT2D eigenvalue weighted by Crippen LogP contribution is 2.22. The molecular weight excluding hydrogens is 352 g/mol. The van der Waals surface area contributed by atoms with Gasteiger partial charge in [-0.3, -0.25) is 4.79 Å². The standard InChI is InChI=1S/C19H24N2O4S/c1-14(16-8-10-18(11-9-16)26(20,23)24)21(2)19(22)12-7-15-5-4-6-17(13-15)25-3/h4-6,8-11,13-14H,7,12H2,1-3H3,(H2,20,23,24). The molecule has 1 amide bonds. The summed E-state index contributed by atoms with van der Waals surface area (Å²) in [5.41, 5.74) is 1.88. The average molecular weight is 376 g/mol. The van der Waals surface area contributed by atoms with Crippen LogP contribution in [-0.2, 0) is 21.2 Å². The fraction of sp³-hybridized carbons (Fsp3) is 0.316. The Kier molecular flexibility index (Phi) is 6.39. The Morgan fingerprint density at radius 1 is 1.19 bits per heavy atom. The molecule has 0 spiro atoms. The number of rotatable bonds is 7. The van der Waals surface area contributed by atoms with E-state index < -0.39 is 10.0 Å². The molecule has 0 aromatic heterocycles. The smallest absolute Gasteiger partial charge is 0.238 e. The predicted octanol–water partition coefficient (Wildman–Crippen LogP) is 2.49. The van der Waals surface area contributed by atoms with Crippen LogP contribution in [0.25, 0.3) is 0 Å². The van der Waals surface area contributed by atoms with E-state index in [1.165, 1.54) is 12.1 Å². The van der Waals surface area contributed by atoms with Crippen molar-refractivity contribution in [2.75, 3.05) is 14.2 Å². The van der Waals surface area contributed by atoms with Gasteiger partial charge in [0.15, 0.2) is 0 Å². The summed E-state index contributed by atoms with van der Waals surface area (Å²) in [6.07, 6.45) is 1.00. The van der Waals surface area contributed by atoms with Gasteiger partial charge in [0.1, 0.15) is 5.75 Å². The highest BCUT2D eigenvalue weighted by molar-refractivity contribution is 7.89. The number of primary sulfonamides is 1. The van der Waals surface area contributed by atoms with Crippen molar-refractivity contribution in [3.05, 3.63) is 59.7 Å². The Balaban J connectivity index is 2.00. The van der Waals surface area contributed by atoms with Crippen LogP contribution in [0.4, 0.5) is 0 Å². The van der Waals surface area contributed by atoms with E-state index in [1.54, 1.807) is 31.2 Å². The molecule has 0 fully saturated rings. The molecule has 0 saturated heterocycles. The predicted molar refractivity (Wildman–Crippen MR) is 100 cm³/mol. The van der Waals surface area contributed by atoms with Crippen LogP contribution in [0.3, 0.4) is 0 Å². The Labute approximate surface area is 154 Å². The summed E-state index contributed by atoms with van der Waals surface area (Å²) in [6, 6.07) is 13.7. The van der Waals surface area contributed by atoms with Gasteiger partial charge in [0.05, 0.1) is 18.0 Å². The number of ether oxygens (including phenoxy) is 1. The molecule has 7 heteroatoms. The van der Waals surface area contributed by atoms with E-state index in [1.807, 2.05) is 31.2 Å². The van der Waals surface area contributed by atoms with Crippen molar-refractivity contribution >= 4 is 15.9 Å². The summed E-state index contributed by atoms with van der Waals surface area (Å²) in [4.78, 5) is 14.2. The second-order valence-corrected chi connectivity index (χ2v) is 7.71. The average Bonchev–Trinajstić information content (AvgIpc) is 2.64. The zero-order valence-electron chi connectivity index (χ0n) is 15.2. The maximum absolute atomic E-state index is 12.5. The second-order valence-electron chi connectivity index (χ2n) is 6.15. The zero-order valence-corrected chi connectivity index (χ0v) is 16.0. The molecule has 0 radical (unpaired) electrons. The normalized spacial score (nSPS) is 12.5. The summed E-state index contributed by atoms with van der Waals surface area (Å²) in [7, 11) is -0.363. The van der Waals surface area contributed by atoms with Gasteiger partial charge in [-0.1, -0.05) is 24.3 Å². The van der Waals surface area contributed by atoms with Crippen LogP contribution in [0.15, 0.2) is 53.4 Å². The first-order valence-corrected chi connectivity index (χ1v) is 9.78. The van der Waals surface area contributed by atoms with Gasteiger partial charge < -0.3 is 9.64 Å². The first-order chi connectivity index (χ1) is 12.2. The number of sulfonamides is 1. The Morgan fingerprint density at radius 3 is 2.42 bits per heavy atom. The number of methoxy groups -OCH3 is 1. The number of benzene rings is 2. The van der Waals surface area contributed by atoms with Gasteiger partial charge in [-0.25, -0.2) is 13.6 Å². The summed E-state index contributed by atoms with van der Waals surface area (Å²) < 4.78 is 27.8. The van der Waals surface area contributed by atoms with Crippen LogP contribution >= 0.6 is 0 Å².